The number of carbonyl (C=O) groups excluding carboxylic acids is 2. The molecular formula is C15H20N2O3. The SMILES string of the molecule is CCCCNC(=O)CC1Oc2ccc(C)cc2NC1=O. The van der Waals surface area contributed by atoms with Crippen molar-refractivity contribution in [3.63, 3.8) is 0 Å². The van der Waals surface area contributed by atoms with Gasteiger partial charge in [-0.25, -0.2) is 0 Å². The molecule has 1 aromatic carbocycles. The Bertz CT molecular complexity index is 514. The molecule has 108 valence electrons. The van der Waals surface area contributed by atoms with E-state index in [4.69, 9.17) is 4.74 Å². The standard InChI is InChI=1S/C15H20N2O3/c1-3-4-7-16-14(18)9-13-15(19)17-11-8-10(2)5-6-12(11)20-13/h5-6,8,13H,3-4,7,9H2,1-2H3,(H,16,18)(H,17,19). The van der Waals surface area contributed by atoms with Gasteiger partial charge in [0.15, 0.2) is 6.10 Å². The number of rotatable bonds is 5. The summed E-state index contributed by atoms with van der Waals surface area (Å²) >= 11 is 0. The molecule has 0 aliphatic carbocycles. The van der Waals surface area contributed by atoms with Gasteiger partial charge >= 0.3 is 0 Å². The third-order valence-electron chi connectivity index (χ3n) is 3.18. The maximum absolute atomic E-state index is 11.9. The van der Waals surface area contributed by atoms with Crippen LogP contribution >= 0.6 is 0 Å². The lowest BCUT2D eigenvalue weighted by Crippen LogP contribution is -2.41. The Morgan fingerprint density at radius 2 is 2.25 bits per heavy atom. The zero-order chi connectivity index (χ0) is 14.5. The van der Waals surface area contributed by atoms with Gasteiger partial charge in [-0.15, -0.1) is 0 Å². The highest BCUT2D eigenvalue weighted by atomic mass is 16.5. The van der Waals surface area contributed by atoms with Crippen molar-refractivity contribution in [2.45, 2.75) is 39.2 Å². The second kappa shape index (κ2) is 6.41. The van der Waals surface area contributed by atoms with Crippen LogP contribution in [0.25, 0.3) is 0 Å². The first-order chi connectivity index (χ1) is 9.60. The van der Waals surface area contributed by atoms with Crippen LogP contribution in [-0.4, -0.2) is 24.5 Å². The van der Waals surface area contributed by atoms with E-state index in [1.54, 1.807) is 0 Å². The van der Waals surface area contributed by atoms with Crippen LogP contribution in [0.15, 0.2) is 18.2 Å². The van der Waals surface area contributed by atoms with Gasteiger partial charge in [0.05, 0.1) is 12.1 Å². The molecule has 2 rings (SSSR count). The average molecular weight is 276 g/mol. The maximum Gasteiger partial charge on any atom is 0.266 e. The van der Waals surface area contributed by atoms with Crippen LogP contribution in [0.1, 0.15) is 31.7 Å². The molecule has 5 heteroatoms. The topological polar surface area (TPSA) is 67.4 Å². The molecule has 0 radical (unpaired) electrons. The highest BCUT2D eigenvalue weighted by molar-refractivity contribution is 6.00. The molecule has 1 unspecified atom stereocenters. The summed E-state index contributed by atoms with van der Waals surface area (Å²) in [7, 11) is 0. The largest absolute Gasteiger partial charge is 0.478 e. The van der Waals surface area contributed by atoms with E-state index in [0.29, 0.717) is 18.0 Å². The van der Waals surface area contributed by atoms with Crippen molar-refractivity contribution in [1.29, 1.82) is 0 Å². The zero-order valence-electron chi connectivity index (χ0n) is 11.9. The summed E-state index contributed by atoms with van der Waals surface area (Å²) in [5.74, 6) is 0.185. The van der Waals surface area contributed by atoms with Crippen LogP contribution in [0.3, 0.4) is 0 Å². The first-order valence-corrected chi connectivity index (χ1v) is 6.95. The molecule has 0 saturated carbocycles. The van der Waals surface area contributed by atoms with Crippen molar-refractivity contribution < 1.29 is 14.3 Å². The summed E-state index contributed by atoms with van der Waals surface area (Å²) in [5, 5.41) is 5.57. The molecule has 1 aliphatic rings. The van der Waals surface area contributed by atoms with Crippen molar-refractivity contribution >= 4 is 17.5 Å². The molecule has 1 aromatic rings. The summed E-state index contributed by atoms with van der Waals surface area (Å²) in [6.45, 7) is 4.64. The third-order valence-corrected chi connectivity index (χ3v) is 3.18. The molecule has 0 aromatic heterocycles. The second-order valence-corrected chi connectivity index (χ2v) is 5.00. The fraction of sp³-hybridized carbons (Fsp3) is 0.467. The van der Waals surface area contributed by atoms with E-state index in [9.17, 15) is 9.59 Å². The van der Waals surface area contributed by atoms with Crippen LogP contribution in [0.2, 0.25) is 0 Å². The van der Waals surface area contributed by atoms with Gasteiger partial charge in [0.25, 0.3) is 5.91 Å². The molecule has 1 atom stereocenters. The van der Waals surface area contributed by atoms with Gasteiger partial charge in [-0.2, -0.15) is 0 Å². The normalized spacial score (nSPS) is 16.9. The van der Waals surface area contributed by atoms with Gasteiger partial charge in [0.1, 0.15) is 5.75 Å². The van der Waals surface area contributed by atoms with Crippen molar-refractivity contribution in [2.24, 2.45) is 0 Å². The van der Waals surface area contributed by atoms with Gasteiger partial charge in [0, 0.05) is 6.54 Å². The lowest BCUT2D eigenvalue weighted by molar-refractivity contribution is -0.130. The Morgan fingerprint density at radius 3 is 3.00 bits per heavy atom. The smallest absolute Gasteiger partial charge is 0.266 e. The molecule has 0 fully saturated rings. The lowest BCUT2D eigenvalue weighted by atomic mass is 10.1. The number of aryl methyl sites for hydroxylation is 1. The number of unbranched alkanes of at least 4 members (excludes halogenated alkanes) is 1. The molecule has 5 nitrogen and oxygen atoms in total. The second-order valence-electron chi connectivity index (χ2n) is 5.00. The van der Waals surface area contributed by atoms with E-state index in [0.717, 1.165) is 18.4 Å². The summed E-state index contributed by atoms with van der Waals surface area (Å²) in [4.78, 5) is 23.6. The summed E-state index contributed by atoms with van der Waals surface area (Å²) in [6.07, 6.45) is 1.24. The Kier molecular flexibility index (Phi) is 4.61. The predicted octanol–water partition coefficient (Wildman–Crippen LogP) is 2.00. The first-order valence-electron chi connectivity index (χ1n) is 6.95. The number of amides is 2. The van der Waals surface area contributed by atoms with E-state index in [-0.39, 0.29) is 18.2 Å². The fourth-order valence-corrected chi connectivity index (χ4v) is 2.04. The fourth-order valence-electron chi connectivity index (χ4n) is 2.04. The average Bonchev–Trinajstić information content (AvgIpc) is 2.40. The molecule has 0 spiro atoms. The molecule has 0 saturated heterocycles. The van der Waals surface area contributed by atoms with Crippen LogP contribution in [0.4, 0.5) is 5.69 Å². The minimum atomic E-state index is -0.758. The van der Waals surface area contributed by atoms with E-state index >= 15 is 0 Å². The number of carbonyl (C=O) groups is 2. The van der Waals surface area contributed by atoms with Crippen molar-refractivity contribution in [2.75, 3.05) is 11.9 Å². The summed E-state index contributed by atoms with van der Waals surface area (Å²) in [6, 6.07) is 5.57. The maximum atomic E-state index is 11.9. The molecule has 1 heterocycles. The first kappa shape index (κ1) is 14.4. The summed E-state index contributed by atoms with van der Waals surface area (Å²) < 4.78 is 5.60. The summed E-state index contributed by atoms with van der Waals surface area (Å²) in [5.41, 5.74) is 1.71. The quantitative estimate of drug-likeness (QED) is 0.808. The van der Waals surface area contributed by atoms with Crippen molar-refractivity contribution in [1.82, 2.24) is 5.32 Å². The molecule has 2 amide bonds. The number of hydrogen-bond acceptors (Lipinski definition) is 3. The zero-order valence-corrected chi connectivity index (χ0v) is 11.9. The Balaban J connectivity index is 1.95. The number of anilines is 1. The van der Waals surface area contributed by atoms with Crippen LogP contribution in [0, 0.1) is 6.92 Å². The van der Waals surface area contributed by atoms with E-state index < -0.39 is 6.10 Å². The predicted molar refractivity (Wildman–Crippen MR) is 76.8 cm³/mol. The molecule has 20 heavy (non-hydrogen) atoms. The lowest BCUT2D eigenvalue weighted by Gasteiger charge is -2.25. The molecule has 2 N–H and O–H groups in total. The number of fused-ring (bicyclic) bond motifs is 1. The van der Waals surface area contributed by atoms with Crippen molar-refractivity contribution in [3.8, 4) is 5.75 Å². The number of nitrogens with one attached hydrogen (secondary N) is 2. The van der Waals surface area contributed by atoms with Crippen molar-refractivity contribution in [3.05, 3.63) is 23.8 Å². The van der Waals surface area contributed by atoms with Gasteiger partial charge < -0.3 is 15.4 Å². The number of hydrogen-bond donors (Lipinski definition) is 2. The van der Waals surface area contributed by atoms with E-state index in [1.165, 1.54) is 0 Å². The molecule has 1 aliphatic heterocycles. The molecular weight excluding hydrogens is 256 g/mol. The van der Waals surface area contributed by atoms with Crippen LogP contribution < -0.4 is 15.4 Å². The Labute approximate surface area is 118 Å². The van der Waals surface area contributed by atoms with E-state index in [1.807, 2.05) is 25.1 Å². The van der Waals surface area contributed by atoms with Crippen LogP contribution in [0.5, 0.6) is 5.75 Å². The minimum Gasteiger partial charge on any atom is -0.478 e. The van der Waals surface area contributed by atoms with Gasteiger partial charge in [-0.05, 0) is 31.0 Å². The Hall–Kier alpha value is -2.04. The van der Waals surface area contributed by atoms with E-state index in [2.05, 4.69) is 17.6 Å². The highest BCUT2D eigenvalue weighted by Crippen LogP contribution is 2.30. The Morgan fingerprint density at radius 1 is 1.45 bits per heavy atom. The number of benzene rings is 1. The minimum absolute atomic E-state index is 0.0445. The van der Waals surface area contributed by atoms with Gasteiger partial charge in [0.2, 0.25) is 5.91 Å². The van der Waals surface area contributed by atoms with Gasteiger partial charge in [-0.1, -0.05) is 19.4 Å². The van der Waals surface area contributed by atoms with Crippen LogP contribution in [-0.2, 0) is 9.59 Å². The van der Waals surface area contributed by atoms with Gasteiger partial charge in [-0.3, -0.25) is 9.59 Å². The highest BCUT2D eigenvalue weighted by Gasteiger charge is 2.29. The number of ether oxygens (including phenoxy) is 1. The molecule has 0 bridgehead atoms. The monoisotopic (exact) mass is 276 g/mol. The third kappa shape index (κ3) is 3.50.